The number of benzene rings is 1. The molecule has 1 aromatic heterocycles. The molecule has 140 valence electrons. The number of nitrogens with zero attached hydrogens (tertiary/aromatic N) is 4. The van der Waals surface area contributed by atoms with Crippen LogP contribution < -0.4 is 4.74 Å². The van der Waals surface area contributed by atoms with Gasteiger partial charge in [0.15, 0.2) is 11.0 Å². The van der Waals surface area contributed by atoms with E-state index in [4.69, 9.17) is 4.74 Å². The second kappa shape index (κ2) is 8.12. The Morgan fingerprint density at radius 2 is 1.85 bits per heavy atom. The highest BCUT2D eigenvalue weighted by atomic mass is 32.2. The van der Waals surface area contributed by atoms with E-state index >= 15 is 0 Å². The van der Waals surface area contributed by atoms with E-state index in [1.807, 2.05) is 40.8 Å². The van der Waals surface area contributed by atoms with Gasteiger partial charge in [0, 0.05) is 25.7 Å². The molecule has 26 heavy (non-hydrogen) atoms. The maximum atomic E-state index is 12.6. The van der Waals surface area contributed by atoms with E-state index in [9.17, 15) is 4.79 Å². The van der Waals surface area contributed by atoms with Gasteiger partial charge in [-0.2, -0.15) is 0 Å². The molecule has 0 saturated carbocycles. The molecule has 0 radical (unpaired) electrons. The summed E-state index contributed by atoms with van der Waals surface area (Å²) < 4.78 is 7.12. The Morgan fingerprint density at radius 3 is 2.46 bits per heavy atom. The molecule has 1 aliphatic rings. The van der Waals surface area contributed by atoms with Crippen LogP contribution in [0, 0.1) is 11.8 Å². The number of hydrogen-bond acceptors (Lipinski definition) is 5. The third-order valence-corrected chi connectivity index (χ3v) is 5.73. The first-order valence-corrected chi connectivity index (χ1v) is 9.91. The zero-order valence-corrected chi connectivity index (χ0v) is 16.6. The third-order valence-electron chi connectivity index (χ3n) is 4.73. The fraction of sp³-hybridized carbons (Fsp3) is 0.526. The zero-order chi connectivity index (χ0) is 18.7. The Labute approximate surface area is 158 Å². The summed E-state index contributed by atoms with van der Waals surface area (Å²) in [7, 11) is 3.57. The Kier molecular flexibility index (Phi) is 5.86. The molecule has 2 heterocycles. The van der Waals surface area contributed by atoms with E-state index in [2.05, 4.69) is 24.0 Å². The number of piperidine rings is 1. The number of amides is 1. The molecule has 2 aromatic rings. The van der Waals surface area contributed by atoms with Gasteiger partial charge in [-0.1, -0.05) is 25.6 Å². The predicted octanol–water partition coefficient (Wildman–Crippen LogP) is 3.09. The Morgan fingerprint density at radius 1 is 1.19 bits per heavy atom. The number of likely N-dealkylation sites (tertiary alicyclic amines) is 1. The minimum absolute atomic E-state index is 0.183. The van der Waals surface area contributed by atoms with Crippen LogP contribution in [-0.4, -0.2) is 51.5 Å². The topological polar surface area (TPSA) is 60.3 Å². The van der Waals surface area contributed by atoms with E-state index in [-0.39, 0.29) is 5.91 Å². The number of thioether (sulfide) groups is 1. The van der Waals surface area contributed by atoms with Crippen molar-refractivity contribution < 1.29 is 9.53 Å². The van der Waals surface area contributed by atoms with Crippen LogP contribution >= 0.6 is 11.8 Å². The summed E-state index contributed by atoms with van der Waals surface area (Å²) in [6.07, 6.45) is 1.20. The van der Waals surface area contributed by atoms with Gasteiger partial charge in [-0.15, -0.1) is 10.2 Å². The zero-order valence-electron chi connectivity index (χ0n) is 15.8. The molecule has 1 aromatic carbocycles. The second-order valence-electron chi connectivity index (χ2n) is 7.13. The highest BCUT2D eigenvalue weighted by Gasteiger charge is 2.25. The number of hydrogen-bond donors (Lipinski definition) is 0. The Hall–Kier alpha value is -2.02. The first-order chi connectivity index (χ1) is 12.5. The predicted molar refractivity (Wildman–Crippen MR) is 103 cm³/mol. The number of carbonyl (C=O) groups excluding carboxylic acids is 1. The first-order valence-electron chi connectivity index (χ1n) is 8.92. The van der Waals surface area contributed by atoms with Crippen molar-refractivity contribution in [1.82, 2.24) is 19.7 Å². The largest absolute Gasteiger partial charge is 0.497 e. The molecule has 6 nitrogen and oxygen atoms in total. The average molecular weight is 375 g/mol. The van der Waals surface area contributed by atoms with E-state index in [0.29, 0.717) is 17.6 Å². The van der Waals surface area contributed by atoms with Crippen LogP contribution in [0.15, 0.2) is 29.4 Å². The first kappa shape index (κ1) is 18.8. The van der Waals surface area contributed by atoms with Crippen molar-refractivity contribution in [3.05, 3.63) is 24.3 Å². The molecule has 0 N–H and O–H groups in total. The van der Waals surface area contributed by atoms with Crippen molar-refractivity contribution >= 4 is 17.7 Å². The lowest BCUT2D eigenvalue weighted by atomic mass is 9.92. The highest BCUT2D eigenvalue weighted by molar-refractivity contribution is 7.99. The summed E-state index contributed by atoms with van der Waals surface area (Å²) >= 11 is 1.45. The second-order valence-corrected chi connectivity index (χ2v) is 8.07. The van der Waals surface area contributed by atoms with E-state index in [1.54, 1.807) is 7.11 Å². The minimum Gasteiger partial charge on any atom is -0.497 e. The summed E-state index contributed by atoms with van der Waals surface area (Å²) in [5.74, 6) is 3.31. The highest BCUT2D eigenvalue weighted by Crippen LogP contribution is 2.26. The van der Waals surface area contributed by atoms with Gasteiger partial charge in [-0.25, -0.2) is 0 Å². The van der Waals surface area contributed by atoms with Gasteiger partial charge in [-0.05, 0) is 42.5 Å². The summed E-state index contributed by atoms with van der Waals surface area (Å²) in [5.41, 5.74) is 0.970. The number of methoxy groups -OCH3 is 1. The minimum atomic E-state index is 0.183. The Balaban J connectivity index is 1.63. The lowest BCUT2D eigenvalue weighted by Gasteiger charge is -2.34. The molecule has 1 aliphatic heterocycles. The van der Waals surface area contributed by atoms with Gasteiger partial charge >= 0.3 is 0 Å². The molecular formula is C19H26N4O2S. The van der Waals surface area contributed by atoms with E-state index < -0.39 is 0 Å². The van der Waals surface area contributed by atoms with Crippen LogP contribution in [0.3, 0.4) is 0 Å². The Bertz CT molecular complexity index is 749. The lowest BCUT2D eigenvalue weighted by molar-refractivity contribution is -0.130. The standard InChI is InChI=1S/C19H26N4O2S/c1-13-9-14(2)11-23(10-13)17(24)12-26-19-21-20-18(22(19)3)15-5-7-16(25-4)8-6-15/h5-8,13-14H,9-12H2,1-4H3/t13-,14-/m0/s1. The molecule has 1 saturated heterocycles. The van der Waals surface area contributed by atoms with Crippen LogP contribution in [0.1, 0.15) is 20.3 Å². The number of carbonyl (C=O) groups is 1. The maximum absolute atomic E-state index is 12.6. The fourth-order valence-electron chi connectivity index (χ4n) is 3.52. The quantitative estimate of drug-likeness (QED) is 0.753. The van der Waals surface area contributed by atoms with Crippen molar-refractivity contribution in [2.75, 3.05) is 26.0 Å². The van der Waals surface area contributed by atoms with Crippen LogP contribution in [-0.2, 0) is 11.8 Å². The fourth-order valence-corrected chi connectivity index (χ4v) is 4.33. The summed E-state index contributed by atoms with van der Waals surface area (Å²) in [6, 6.07) is 7.72. The summed E-state index contributed by atoms with van der Waals surface area (Å²) in [6.45, 7) is 6.15. The number of aromatic nitrogens is 3. The van der Waals surface area contributed by atoms with Crippen molar-refractivity contribution in [2.24, 2.45) is 18.9 Å². The monoisotopic (exact) mass is 374 g/mol. The van der Waals surface area contributed by atoms with Gasteiger partial charge in [0.1, 0.15) is 5.75 Å². The van der Waals surface area contributed by atoms with Crippen molar-refractivity contribution in [3.8, 4) is 17.1 Å². The van der Waals surface area contributed by atoms with Crippen molar-refractivity contribution in [3.63, 3.8) is 0 Å². The molecular weight excluding hydrogens is 348 g/mol. The van der Waals surface area contributed by atoms with Crippen LogP contribution in [0.4, 0.5) is 0 Å². The van der Waals surface area contributed by atoms with E-state index in [0.717, 1.165) is 35.4 Å². The third kappa shape index (κ3) is 4.20. The molecule has 0 spiro atoms. The number of ether oxygens (including phenoxy) is 1. The van der Waals surface area contributed by atoms with E-state index in [1.165, 1.54) is 18.2 Å². The molecule has 3 rings (SSSR count). The molecule has 7 heteroatoms. The van der Waals surface area contributed by atoms with Crippen molar-refractivity contribution in [1.29, 1.82) is 0 Å². The molecule has 2 atom stereocenters. The van der Waals surface area contributed by atoms with Gasteiger partial charge in [-0.3, -0.25) is 4.79 Å². The number of rotatable bonds is 5. The van der Waals surface area contributed by atoms with Crippen LogP contribution in [0.25, 0.3) is 11.4 Å². The summed E-state index contributed by atoms with van der Waals surface area (Å²) in [4.78, 5) is 14.5. The molecule has 0 bridgehead atoms. The molecule has 0 unspecified atom stereocenters. The SMILES string of the molecule is COc1ccc(-c2nnc(SCC(=O)N3C[C@@H](C)C[C@H](C)C3)n2C)cc1. The van der Waals surface area contributed by atoms with Gasteiger partial charge < -0.3 is 14.2 Å². The van der Waals surface area contributed by atoms with Gasteiger partial charge in [0.25, 0.3) is 0 Å². The average Bonchev–Trinajstić information content (AvgIpc) is 2.99. The maximum Gasteiger partial charge on any atom is 0.233 e. The van der Waals surface area contributed by atoms with Crippen LogP contribution in [0.2, 0.25) is 0 Å². The van der Waals surface area contributed by atoms with Gasteiger partial charge in [0.05, 0.1) is 12.9 Å². The normalized spacial score (nSPS) is 20.2. The molecule has 1 fully saturated rings. The smallest absolute Gasteiger partial charge is 0.233 e. The van der Waals surface area contributed by atoms with Gasteiger partial charge in [0.2, 0.25) is 5.91 Å². The summed E-state index contributed by atoms with van der Waals surface area (Å²) in [5, 5.41) is 9.29. The van der Waals surface area contributed by atoms with Crippen LogP contribution in [0.5, 0.6) is 5.75 Å². The lowest BCUT2D eigenvalue weighted by Crippen LogP contribution is -2.43. The van der Waals surface area contributed by atoms with Crippen molar-refractivity contribution in [2.45, 2.75) is 25.4 Å². The molecule has 0 aliphatic carbocycles. The molecule has 1 amide bonds.